The minimum atomic E-state index is 0.217. The second-order valence-corrected chi connectivity index (χ2v) is 8.50. The zero-order valence-electron chi connectivity index (χ0n) is 13.1. The fraction of sp³-hybridized carbons (Fsp3) is 0.444. The maximum Gasteiger partial charge on any atom is 0.211 e. The number of rotatable bonds is 1. The van der Waals surface area contributed by atoms with Gasteiger partial charge in [-0.25, -0.2) is 9.67 Å². The molecule has 2 aliphatic rings. The van der Waals surface area contributed by atoms with E-state index in [2.05, 4.69) is 45.2 Å². The highest BCUT2D eigenvalue weighted by Crippen LogP contribution is 2.67. The van der Waals surface area contributed by atoms with Gasteiger partial charge < -0.3 is 0 Å². The molecule has 0 spiro atoms. The second kappa shape index (κ2) is 3.80. The van der Waals surface area contributed by atoms with Crippen molar-refractivity contribution in [2.75, 3.05) is 0 Å². The molecule has 1 saturated carbocycles. The lowest BCUT2D eigenvalue weighted by molar-refractivity contribution is 0.224. The summed E-state index contributed by atoms with van der Waals surface area (Å²) in [4.78, 5) is 4.74. The van der Waals surface area contributed by atoms with Gasteiger partial charge in [-0.15, -0.1) is 0 Å². The minimum absolute atomic E-state index is 0.217. The van der Waals surface area contributed by atoms with Crippen molar-refractivity contribution in [1.29, 1.82) is 0 Å². The van der Waals surface area contributed by atoms with Crippen LogP contribution >= 0.6 is 11.3 Å². The molecule has 2 aliphatic carbocycles. The van der Waals surface area contributed by atoms with Gasteiger partial charge >= 0.3 is 0 Å². The number of thiazole rings is 1. The van der Waals surface area contributed by atoms with Crippen LogP contribution in [-0.4, -0.2) is 14.8 Å². The van der Waals surface area contributed by atoms with E-state index in [0.29, 0.717) is 11.3 Å². The van der Waals surface area contributed by atoms with Crippen LogP contribution in [0.5, 0.6) is 0 Å². The molecule has 0 amide bonds. The monoisotopic (exact) mass is 309 g/mol. The van der Waals surface area contributed by atoms with Gasteiger partial charge in [0.25, 0.3) is 0 Å². The minimum Gasteiger partial charge on any atom is -0.218 e. The average Bonchev–Trinajstić information content (AvgIpc) is 3.18. The number of aromatic nitrogens is 3. The van der Waals surface area contributed by atoms with Crippen molar-refractivity contribution >= 4 is 21.6 Å². The van der Waals surface area contributed by atoms with Gasteiger partial charge in [0.1, 0.15) is 0 Å². The summed E-state index contributed by atoms with van der Waals surface area (Å²) in [5.74, 6) is 0.649. The summed E-state index contributed by atoms with van der Waals surface area (Å²) in [6.07, 6.45) is 4.79. The number of nitrogens with zero attached hydrogens (tertiary/aromatic N) is 3. The van der Waals surface area contributed by atoms with E-state index in [1.165, 1.54) is 28.8 Å². The van der Waals surface area contributed by atoms with Gasteiger partial charge in [-0.3, -0.25) is 0 Å². The first-order chi connectivity index (χ1) is 10.5. The van der Waals surface area contributed by atoms with Gasteiger partial charge in [0.05, 0.1) is 15.9 Å². The molecule has 112 valence electrons. The highest BCUT2D eigenvalue weighted by Gasteiger charge is 2.61. The maximum absolute atomic E-state index is 4.97. The molecule has 2 atom stereocenters. The van der Waals surface area contributed by atoms with Crippen molar-refractivity contribution in [3.63, 3.8) is 0 Å². The van der Waals surface area contributed by atoms with Gasteiger partial charge in [0.15, 0.2) is 0 Å². The summed E-state index contributed by atoms with van der Waals surface area (Å²) in [7, 11) is 0. The standard InChI is InChI=1S/C18H19N3S/c1-17(2)12-8-9-18(17,3)15-11(12)10-21(20-15)16-19-13-6-4-5-7-14(13)22-16/h4-7,10,12H,8-9H2,1-3H3/t12-,18-/m0/s1. The van der Waals surface area contributed by atoms with Crippen LogP contribution in [0.15, 0.2) is 30.5 Å². The Labute approximate surface area is 134 Å². The van der Waals surface area contributed by atoms with Crippen LogP contribution in [0.1, 0.15) is 50.8 Å². The third kappa shape index (κ3) is 1.33. The van der Waals surface area contributed by atoms with Gasteiger partial charge in [-0.2, -0.15) is 5.10 Å². The average molecular weight is 309 g/mol. The Morgan fingerprint density at radius 3 is 2.82 bits per heavy atom. The van der Waals surface area contributed by atoms with Gasteiger partial charge in [-0.05, 0) is 41.9 Å². The first kappa shape index (κ1) is 12.8. The Balaban J connectivity index is 1.67. The molecular formula is C18H19N3S. The van der Waals surface area contributed by atoms with Crippen LogP contribution in [0, 0.1) is 5.41 Å². The third-order valence-corrected chi connectivity index (χ3v) is 7.37. The normalized spacial score (nSPS) is 28.4. The van der Waals surface area contributed by atoms with Crippen LogP contribution in [0.3, 0.4) is 0 Å². The summed E-state index contributed by atoms with van der Waals surface area (Å²) in [5, 5.41) is 5.95. The number of benzene rings is 1. The van der Waals surface area contributed by atoms with Crippen LogP contribution in [0.4, 0.5) is 0 Å². The van der Waals surface area contributed by atoms with Crippen molar-refractivity contribution in [3.05, 3.63) is 41.7 Å². The van der Waals surface area contributed by atoms with Gasteiger partial charge in [0, 0.05) is 11.6 Å². The second-order valence-electron chi connectivity index (χ2n) is 7.49. The van der Waals surface area contributed by atoms with E-state index in [0.717, 1.165) is 10.6 Å². The molecule has 0 aliphatic heterocycles. The fourth-order valence-corrected chi connectivity index (χ4v) is 5.49. The molecule has 22 heavy (non-hydrogen) atoms. The molecule has 3 nitrogen and oxygen atoms in total. The van der Waals surface area contributed by atoms with Crippen LogP contribution in [0.25, 0.3) is 15.3 Å². The third-order valence-electron chi connectivity index (χ3n) is 6.35. The highest BCUT2D eigenvalue weighted by atomic mass is 32.1. The van der Waals surface area contributed by atoms with E-state index >= 15 is 0 Å². The molecule has 0 unspecified atom stereocenters. The summed E-state index contributed by atoms with van der Waals surface area (Å²) >= 11 is 1.72. The van der Waals surface area contributed by atoms with Crippen LogP contribution in [0.2, 0.25) is 0 Å². The Morgan fingerprint density at radius 2 is 2.05 bits per heavy atom. The molecular weight excluding hydrogens is 290 g/mol. The molecule has 1 fully saturated rings. The summed E-state index contributed by atoms with van der Waals surface area (Å²) in [5.41, 5.74) is 4.38. The fourth-order valence-electron chi connectivity index (χ4n) is 4.60. The number of fused-ring (bicyclic) bond motifs is 6. The zero-order chi connectivity index (χ0) is 15.1. The van der Waals surface area contributed by atoms with E-state index in [1.807, 2.05) is 10.7 Å². The Morgan fingerprint density at radius 1 is 1.23 bits per heavy atom. The lowest BCUT2D eigenvalue weighted by atomic mass is 9.70. The SMILES string of the molecule is CC1(C)[C@H]2CC[C@@]1(C)c1nn(-c3nc4ccccc4s3)cc12. The summed E-state index contributed by atoms with van der Waals surface area (Å²) in [6, 6.07) is 8.30. The Bertz CT molecular complexity index is 871. The molecule has 1 aromatic carbocycles. The molecule has 5 rings (SSSR count). The molecule has 0 N–H and O–H groups in total. The highest BCUT2D eigenvalue weighted by molar-refractivity contribution is 7.20. The largest absolute Gasteiger partial charge is 0.218 e. The van der Waals surface area contributed by atoms with Crippen LogP contribution in [-0.2, 0) is 5.41 Å². The van der Waals surface area contributed by atoms with Gasteiger partial charge in [-0.1, -0.05) is 44.2 Å². The lowest BCUT2D eigenvalue weighted by Gasteiger charge is -2.34. The first-order valence-corrected chi connectivity index (χ1v) is 8.78. The summed E-state index contributed by atoms with van der Waals surface area (Å²) in [6.45, 7) is 7.22. The van der Waals surface area contributed by atoms with E-state index < -0.39 is 0 Å². The molecule has 4 heteroatoms. The number of para-hydroxylation sites is 1. The zero-order valence-corrected chi connectivity index (χ0v) is 13.9. The van der Waals surface area contributed by atoms with Crippen molar-refractivity contribution in [1.82, 2.24) is 14.8 Å². The lowest BCUT2D eigenvalue weighted by Crippen LogP contribution is -2.32. The van der Waals surface area contributed by atoms with Crippen LogP contribution < -0.4 is 0 Å². The van der Waals surface area contributed by atoms with Crippen molar-refractivity contribution < 1.29 is 0 Å². The van der Waals surface area contributed by atoms with Crippen molar-refractivity contribution in [2.24, 2.45) is 5.41 Å². The molecule has 2 aromatic heterocycles. The Hall–Kier alpha value is -1.68. The predicted octanol–water partition coefficient (Wildman–Crippen LogP) is 4.66. The molecule has 3 aromatic rings. The molecule has 2 heterocycles. The number of hydrogen-bond acceptors (Lipinski definition) is 3. The Kier molecular flexibility index (Phi) is 2.21. The van der Waals surface area contributed by atoms with E-state index in [1.54, 1.807) is 11.3 Å². The summed E-state index contributed by atoms with van der Waals surface area (Å²) < 4.78 is 3.24. The smallest absolute Gasteiger partial charge is 0.211 e. The van der Waals surface area contributed by atoms with E-state index in [-0.39, 0.29) is 5.41 Å². The maximum atomic E-state index is 4.97. The quantitative estimate of drug-likeness (QED) is 0.654. The molecule has 0 radical (unpaired) electrons. The molecule has 0 saturated heterocycles. The molecule has 2 bridgehead atoms. The van der Waals surface area contributed by atoms with E-state index in [9.17, 15) is 0 Å². The number of hydrogen-bond donors (Lipinski definition) is 0. The van der Waals surface area contributed by atoms with E-state index in [4.69, 9.17) is 10.1 Å². The van der Waals surface area contributed by atoms with Gasteiger partial charge in [0.2, 0.25) is 5.13 Å². The topological polar surface area (TPSA) is 30.7 Å². The van der Waals surface area contributed by atoms with Crippen molar-refractivity contribution in [2.45, 2.75) is 44.9 Å². The first-order valence-electron chi connectivity index (χ1n) is 7.97. The predicted molar refractivity (Wildman–Crippen MR) is 89.9 cm³/mol. The van der Waals surface area contributed by atoms with Crippen molar-refractivity contribution in [3.8, 4) is 5.13 Å².